The van der Waals surface area contributed by atoms with Gasteiger partial charge in [-0.25, -0.2) is 4.39 Å². The fraction of sp³-hybridized carbons (Fsp3) is 0.188. The third-order valence-electron chi connectivity index (χ3n) is 3.13. The van der Waals surface area contributed by atoms with Gasteiger partial charge in [-0.3, -0.25) is 4.79 Å². The van der Waals surface area contributed by atoms with Gasteiger partial charge in [0, 0.05) is 31.0 Å². The second-order valence-corrected chi connectivity index (χ2v) is 5.83. The second kappa shape index (κ2) is 6.26. The Morgan fingerprint density at radius 2 is 1.90 bits per heavy atom. The first-order valence-corrected chi connectivity index (χ1v) is 7.22. The van der Waals surface area contributed by atoms with Crippen LogP contribution in [0, 0.1) is 12.7 Å². The molecule has 0 aliphatic rings. The molecule has 110 valence electrons. The van der Waals surface area contributed by atoms with Crippen LogP contribution in [-0.4, -0.2) is 20.0 Å². The molecule has 0 aliphatic heterocycles. The van der Waals surface area contributed by atoms with Crippen LogP contribution in [0.15, 0.2) is 40.9 Å². The van der Waals surface area contributed by atoms with Gasteiger partial charge in [0.1, 0.15) is 5.82 Å². The van der Waals surface area contributed by atoms with Crippen molar-refractivity contribution in [2.75, 3.05) is 24.3 Å². The van der Waals surface area contributed by atoms with Crippen molar-refractivity contribution in [3.8, 4) is 0 Å². The topological polar surface area (TPSA) is 32.3 Å². The van der Waals surface area contributed by atoms with Crippen molar-refractivity contribution >= 4 is 33.2 Å². The minimum atomic E-state index is -0.458. The molecular weight excluding hydrogens is 335 g/mol. The van der Waals surface area contributed by atoms with Crippen LogP contribution in [0.1, 0.15) is 15.9 Å². The molecule has 0 atom stereocenters. The van der Waals surface area contributed by atoms with Gasteiger partial charge >= 0.3 is 0 Å². The first kappa shape index (κ1) is 15.5. The number of benzene rings is 2. The fourth-order valence-corrected chi connectivity index (χ4v) is 2.26. The molecule has 5 heteroatoms. The number of hydrogen-bond acceptors (Lipinski definition) is 2. The lowest BCUT2D eigenvalue weighted by Gasteiger charge is -2.17. The molecule has 1 N–H and O–H groups in total. The molecule has 0 radical (unpaired) electrons. The molecule has 0 heterocycles. The van der Waals surface area contributed by atoms with Gasteiger partial charge in [0.15, 0.2) is 0 Å². The van der Waals surface area contributed by atoms with E-state index in [2.05, 4.69) is 21.2 Å². The summed E-state index contributed by atoms with van der Waals surface area (Å²) < 4.78 is 13.8. The Hall–Kier alpha value is -1.88. The first-order chi connectivity index (χ1) is 9.88. The van der Waals surface area contributed by atoms with Crippen LogP contribution in [0.5, 0.6) is 0 Å². The van der Waals surface area contributed by atoms with Crippen LogP contribution in [-0.2, 0) is 0 Å². The molecular formula is C16H16BrFN2O. The van der Waals surface area contributed by atoms with E-state index in [4.69, 9.17) is 0 Å². The smallest absolute Gasteiger partial charge is 0.255 e. The quantitative estimate of drug-likeness (QED) is 0.898. The van der Waals surface area contributed by atoms with Crippen LogP contribution < -0.4 is 10.2 Å². The van der Waals surface area contributed by atoms with Crippen molar-refractivity contribution in [2.24, 2.45) is 0 Å². The number of halogens is 2. The molecule has 2 rings (SSSR count). The van der Waals surface area contributed by atoms with Gasteiger partial charge in [-0.2, -0.15) is 0 Å². The number of carbonyl (C=O) groups excluding carboxylic acids is 1. The van der Waals surface area contributed by atoms with Crippen molar-refractivity contribution in [1.29, 1.82) is 0 Å². The van der Waals surface area contributed by atoms with E-state index in [9.17, 15) is 9.18 Å². The van der Waals surface area contributed by atoms with Crippen LogP contribution in [0.4, 0.5) is 15.8 Å². The minimum Gasteiger partial charge on any atom is -0.377 e. The summed E-state index contributed by atoms with van der Waals surface area (Å²) in [4.78, 5) is 14.1. The summed E-state index contributed by atoms with van der Waals surface area (Å²) in [6, 6.07) is 9.96. The zero-order chi connectivity index (χ0) is 15.6. The van der Waals surface area contributed by atoms with Crippen molar-refractivity contribution in [3.05, 3.63) is 57.8 Å². The molecule has 0 aromatic heterocycles. The Balaban J connectivity index is 2.23. The van der Waals surface area contributed by atoms with E-state index >= 15 is 0 Å². The Bertz CT molecular complexity index is 686. The minimum absolute atomic E-state index is 0.280. The van der Waals surface area contributed by atoms with Gasteiger partial charge in [-0.05, 0) is 58.7 Å². The van der Waals surface area contributed by atoms with Crippen molar-refractivity contribution in [2.45, 2.75) is 6.92 Å². The molecule has 3 nitrogen and oxygen atoms in total. The summed E-state index contributed by atoms with van der Waals surface area (Å²) in [5.41, 5.74) is 3.10. The number of carbonyl (C=O) groups is 1. The maximum atomic E-state index is 13.5. The monoisotopic (exact) mass is 350 g/mol. The number of hydrogen-bond donors (Lipinski definition) is 1. The largest absolute Gasteiger partial charge is 0.377 e. The van der Waals surface area contributed by atoms with Gasteiger partial charge in [-0.15, -0.1) is 0 Å². The predicted octanol–water partition coefficient (Wildman–Crippen LogP) is 4.21. The van der Waals surface area contributed by atoms with Gasteiger partial charge < -0.3 is 10.2 Å². The van der Waals surface area contributed by atoms with E-state index in [1.54, 1.807) is 6.07 Å². The molecule has 21 heavy (non-hydrogen) atoms. The Kier molecular flexibility index (Phi) is 4.63. The van der Waals surface area contributed by atoms with E-state index in [0.717, 1.165) is 11.3 Å². The molecule has 0 unspecified atom stereocenters. The highest BCUT2D eigenvalue weighted by Crippen LogP contribution is 2.23. The number of nitrogens with zero attached hydrogens (tertiary/aromatic N) is 1. The fourth-order valence-electron chi connectivity index (χ4n) is 2.01. The van der Waals surface area contributed by atoms with Crippen LogP contribution in [0.3, 0.4) is 0 Å². The summed E-state index contributed by atoms with van der Waals surface area (Å²) >= 11 is 3.07. The highest BCUT2D eigenvalue weighted by atomic mass is 79.9. The average molecular weight is 351 g/mol. The number of amides is 1. The van der Waals surface area contributed by atoms with Crippen molar-refractivity contribution < 1.29 is 9.18 Å². The summed E-state index contributed by atoms with van der Waals surface area (Å²) in [6.45, 7) is 2.00. The van der Waals surface area contributed by atoms with E-state index in [1.807, 2.05) is 44.1 Å². The van der Waals surface area contributed by atoms with Crippen LogP contribution in [0.25, 0.3) is 0 Å². The van der Waals surface area contributed by atoms with Crippen LogP contribution in [0.2, 0.25) is 0 Å². The molecule has 1 amide bonds. The summed E-state index contributed by atoms with van der Waals surface area (Å²) in [7, 11) is 3.88. The van der Waals surface area contributed by atoms with E-state index in [1.165, 1.54) is 12.1 Å². The number of anilines is 2. The Morgan fingerprint density at radius 3 is 2.52 bits per heavy atom. The summed E-state index contributed by atoms with van der Waals surface area (Å²) in [5, 5.41) is 2.78. The molecule has 0 saturated heterocycles. The number of nitrogens with one attached hydrogen (secondary N) is 1. The third kappa shape index (κ3) is 3.61. The van der Waals surface area contributed by atoms with Crippen molar-refractivity contribution in [3.63, 3.8) is 0 Å². The van der Waals surface area contributed by atoms with E-state index < -0.39 is 5.82 Å². The molecule has 0 saturated carbocycles. The first-order valence-electron chi connectivity index (χ1n) is 6.43. The van der Waals surface area contributed by atoms with Gasteiger partial charge in [0.2, 0.25) is 0 Å². The highest BCUT2D eigenvalue weighted by Gasteiger charge is 2.10. The standard InChI is InChI=1S/C16H16BrFN2O/c1-10-4-6-12(9-15(10)20(2)3)19-16(21)11-5-7-13(17)14(18)8-11/h4-9H,1-3H3,(H,19,21). The summed E-state index contributed by atoms with van der Waals surface area (Å²) in [6.07, 6.45) is 0. The molecule has 0 spiro atoms. The van der Waals surface area contributed by atoms with Gasteiger partial charge in [0.25, 0.3) is 5.91 Å². The summed E-state index contributed by atoms with van der Waals surface area (Å²) in [5.74, 6) is -0.796. The Morgan fingerprint density at radius 1 is 1.19 bits per heavy atom. The number of aryl methyl sites for hydroxylation is 1. The lowest BCUT2D eigenvalue weighted by molar-refractivity contribution is 0.102. The van der Waals surface area contributed by atoms with Gasteiger partial charge in [-0.1, -0.05) is 6.07 Å². The molecule has 0 bridgehead atoms. The van der Waals surface area contributed by atoms with E-state index in [0.29, 0.717) is 10.2 Å². The maximum absolute atomic E-state index is 13.5. The van der Waals surface area contributed by atoms with E-state index in [-0.39, 0.29) is 11.5 Å². The van der Waals surface area contributed by atoms with Gasteiger partial charge in [0.05, 0.1) is 4.47 Å². The molecule has 2 aromatic carbocycles. The maximum Gasteiger partial charge on any atom is 0.255 e. The number of rotatable bonds is 3. The van der Waals surface area contributed by atoms with Crippen LogP contribution >= 0.6 is 15.9 Å². The average Bonchev–Trinajstić information content (AvgIpc) is 2.43. The SMILES string of the molecule is Cc1ccc(NC(=O)c2ccc(Br)c(F)c2)cc1N(C)C. The van der Waals surface area contributed by atoms with Crippen molar-refractivity contribution in [1.82, 2.24) is 0 Å². The molecule has 2 aromatic rings. The second-order valence-electron chi connectivity index (χ2n) is 4.98. The Labute approximate surface area is 131 Å². The predicted molar refractivity (Wildman–Crippen MR) is 87.6 cm³/mol. The third-order valence-corrected chi connectivity index (χ3v) is 3.77. The molecule has 0 aliphatic carbocycles. The highest BCUT2D eigenvalue weighted by molar-refractivity contribution is 9.10. The lowest BCUT2D eigenvalue weighted by Crippen LogP contribution is -2.14. The molecule has 0 fully saturated rings. The lowest BCUT2D eigenvalue weighted by atomic mass is 10.1. The zero-order valence-corrected chi connectivity index (χ0v) is 13.7. The zero-order valence-electron chi connectivity index (χ0n) is 12.1. The normalized spacial score (nSPS) is 10.3.